The van der Waals surface area contributed by atoms with Crippen LogP contribution < -0.4 is 0 Å². The molecule has 42 heavy (non-hydrogen) atoms. The minimum Gasteiger partial charge on any atom is -0.414 e. The van der Waals surface area contributed by atoms with Crippen LogP contribution in [0.15, 0.2) is 23.3 Å². The van der Waals surface area contributed by atoms with Crippen LogP contribution in [0.5, 0.6) is 0 Å². The molecule has 1 nitrogen and oxygen atoms in total. The molecule has 0 aromatic heterocycles. The summed E-state index contributed by atoms with van der Waals surface area (Å²) in [5, 5.41) is 0.183. The second kappa shape index (κ2) is 10.9. The lowest BCUT2D eigenvalue weighted by atomic mass is 9.50. The molecule has 0 spiro atoms. The van der Waals surface area contributed by atoms with Crippen LogP contribution in [0.2, 0.25) is 18.1 Å². The summed E-state index contributed by atoms with van der Waals surface area (Å²) < 4.78 is 87.4. The van der Waals surface area contributed by atoms with Gasteiger partial charge in [0.25, 0.3) is 0 Å². The lowest BCUT2D eigenvalue weighted by Crippen LogP contribution is -2.49. The third kappa shape index (κ3) is 5.71. The van der Waals surface area contributed by atoms with Crippen LogP contribution in [-0.4, -0.2) is 26.8 Å². The molecule has 1 unspecified atom stereocenters. The third-order valence-corrected chi connectivity index (χ3v) is 17.7. The second-order valence-corrected chi connectivity index (χ2v) is 21.3. The summed E-state index contributed by atoms with van der Waals surface area (Å²) in [7, 11) is -1.85. The van der Waals surface area contributed by atoms with Gasteiger partial charge in [0.1, 0.15) is 0 Å². The lowest BCUT2D eigenvalue weighted by molar-refractivity contribution is -0.337. The Bertz CT molecular complexity index is 1050. The molecule has 0 heterocycles. The number of allylic oxidation sites excluding steroid dienone is 3. The van der Waals surface area contributed by atoms with Gasteiger partial charge in [-0.15, -0.1) is 0 Å². The Kier molecular flexibility index (Phi) is 8.89. The maximum atomic E-state index is 13.4. The Morgan fingerprint density at radius 3 is 2.07 bits per heavy atom. The number of hydrogen-bond donors (Lipinski definition) is 0. The predicted molar refractivity (Wildman–Crippen MR) is 160 cm³/mol. The second-order valence-electron chi connectivity index (χ2n) is 16.5. The number of fused-ring (bicyclic) bond motifs is 5. The van der Waals surface area contributed by atoms with Gasteiger partial charge in [-0.05, 0) is 111 Å². The first-order valence-corrected chi connectivity index (χ1v) is 19.1. The molecule has 3 saturated carbocycles. The molecule has 0 amide bonds. The quantitative estimate of drug-likeness (QED) is 0.203. The van der Waals surface area contributed by atoms with E-state index in [0.717, 1.165) is 44.9 Å². The third-order valence-electron chi connectivity index (χ3n) is 13.1. The van der Waals surface area contributed by atoms with E-state index in [2.05, 4.69) is 66.8 Å². The van der Waals surface area contributed by atoms with Crippen molar-refractivity contribution >= 4 is 8.32 Å². The van der Waals surface area contributed by atoms with E-state index < -0.39 is 32.5 Å². The van der Waals surface area contributed by atoms with E-state index in [1.54, 1.807) is 5.57 Å². The van der Waals surface area contributed by atoms with E-state index >= 15 is 0 Å². The van der Waals surface area contributed by atoms with E-state index in [4.69, 9.17) is 4.43 Å². The molecule has 0 saturated heterocycles. The van der Waals surface area contributed by atoms with Crippen molar-refractivity contribution in [1.82, 2.24) is 0 Å². The van der Waals surface area contributed by atoms with Crippen molar-refractivity contribution in [1.29, 1.82) is 0 Å². The normalized spacial score (nSPS) is 35.1. The highest BCUT2D eigenvalue weighted by Gasteiger charge is 2.67. The molecule has 0 aromatic carbocycles. The molecule has 0 bridgehead atoms. The number of rotatable bonds is 7. The summed E-state index contributed by atoms with van der Waals surface area (Å²) in [5.41, 5.74) is -0.391. The Balaban J connectivity index is 1.46. The van der Waals surface area contributed by atoms with Gasteiger partial charge >= 0.3 is 12.4 Å². The summed E-state index contributed by atoms with van der Waals surface area (Å²) in [6, 6.07) is 0. The van der Waals surface area contributed by atoms with Crippen molar-refractivity contribution in [2.75, 3.05) is 0 Å². The summed E-state index contributed by atoms with van der Waals surface area (Å²) >= 11 is 0. The zero-order valence-electron chi connectivity index (χ0n) is 27.3. The Morgan fingerprint density at radius 1 is 0.881 bits per heavy atom. The molecule has 242 valence electrons. The van der Waals surface area contributed by atoms with E-state index in [9.17, 15) is 26.3 Å². The van der Waals surface area contributed by atoms with Crippen molar-refractivity contribution in [3.63, 3.8) is 0 Å². The Morgan fingerprint density at radius 2 is 1.50 bits per heavy atom. The summed E-state index contributed by atoms with van der Waals surface area (Å²) in [5.74, 6) is 1.36. The van der Waals surface area contributed by atoms with Crippen molar-refractivity contribution in [3.05, 3.63) is 23.3 Å². The highest BCUT2D eigenvalue weighted by molar-refractivity contribution is 6.74. The molecule has 4 aliphatic carbocycles. The fraction of sp³-hybridized carbons (Fsp3) is 0.882. The highest BCUT2D eigenvalue weighted by atomic mass is 28.4. The summed E-state index contributed by atoms with van der Waals surface area (Å²) in [6.07, 6.45) is 1.31. The SMILES string of the molecule is C[C@@H](CCCC(C)(C(F)(F)F)C(F)(F)F)[C@H]1CC[C@H]2C3=CC=C4CC(O[Si](C)(C)C(C)(C)C)CC[C@]4(C)[C@H]3CC[C@]12C. The minimum atomic E-state index is -5.30. The first kappa shape index (κ1) is 34.1. The molecule has 4 rings (SSSR count). The molecule has 0 N–H and O–H groups in total. The van der Waals surface area contributed by atoms with Gasteiger partial charge in [0.05, 0.1) is 0 Å². The first-order chi connectivity index (χ1) is 19.0. The lowest BCUT2D eigenvalue weighted by Gasteiger charge is -2.56. The number of alkyl halides is 6. The topological polar surface area (TPSA) is 9.23 Å². The fourth-order valence-corrected chi connectivity index (χ4v) is 10.4. The average Bonchev–Trinajstić information content (AvgIpc) is 3.19. The van der Waals surface area contributed by atoms with Crippen LogP contribution in [-0.2, 0) is 4.43 Å². The van der Waals surface area contributed by atoms with Crippen LogP contribution in [0.3, 0.4) is 0 Å². The van der Waals surface area contributed by atoms with Gasteiger partial charge in [-0.2, -0.15) is 26.3 Å². The van der Waals surface area contributed by atoms with Crippen LogP contribution in [0.25, 0.3) is 0 Å². The Labute approximate surface area is 251 Å². The van der Waals surface area contributed by atoms with Gasteiger partial charge in [-0.1, -0.05) is 77.7 Å². The van der Waals surface area contributed by atoms with E-state index in [0.29, 0.717) is 31.1 Å². The standard InChI is InChI=1S/C34H54F6OSi/c1-22(11-10-18-32(7,33(35,36)37)34(38,39)40)26-14-15-27-25-13-12-23-21-24(41-42(8,9)29(2,3)4)16-19-30(23,5)28(25)17-20-31(26,27)6/h12-13,22,24,26-28H,10-11,14-21H2,1-9H3/t22-,24?,26+,27-,28-,30-,31+/m0/s1. The zero-order chi connectivity index (χ0) is 31.7. The molecule has 8 heteroatoms. The van der Waals surface area contributed by atoms with E-state index in [1.165, 1.54) is 5.57 Å². The van der Waals surface area contributed by atoms with Gasteiger partial charge in [0, 0.05) is 6.10 Å². The summed E-state index contributed by atoms with van der Waals surface area (Å²) in [6.45, 7) is 18.7. The highest BCUT2D eigenvalue weighted by Crippen LogP contribution is 2.66. The number of hydrogen-bond acceptors (Lipinski definition) is 1. The molecule has 0 aromatic rings. The molecule has 0 aliphatic heterocycles. The molecule has 3 fully saturated rings. The monoisotopic (exact) mass is 620 g/mol. The summed E-state index contributed by atoms with van der Waals surface area (Å²) in [4.78, 5) is 0. The Hall–Kier alpha value is -0.763. The first-order valence-electron chi connectivity index (χ1n) is 16.2. The predicted octanol–water partition coefficient (Wildman–Crippen LogP) is 11.8. The fourth-order valence-electron chi connectivity index (χ4n) is 9.06. The maximum Gasteiger partial charge on any atom is 0.402 e. The van der Waals surface area contributed by atoms with Gasteiger partial charge in [-0.25, -0.2) is 0 Å². The molecular weight excluding hydrogens is 566 g/mol. The molecular formula is C34H54F6OSi. The van der Waals surface area contributed by atoms with Crippen molar-refractivity contribution in [2.45, 2.75) is 149 Å². The largest absolute Gasteiger partial charge is 0.414 e. The van der Waals surface area contributed by atoms with Gasteiger partial charge < -0.3 is 4.43 Å². The van der Waals surface area contributed by atoms with Gasteiger partial charge in [0.2, 0.25) is 0 Å². The molecule has 7 atom stereocenters. The van der Waals surface area contributed by atoms with E-state index in [-0.39, 0.29) is 34.3 Å². The average molecular weight is 621 g/mol. The van der Waals surface area contributed by atoms with Crippen LogP contribution >= 0.6 is 0 Å². The van der Waals surface area contributed by atoms with Gasteiger partial charge in [-0.3, -0.25) is 0 Å². The minimum absolute atomic E-state index is 0.0451. The van der Waals surface area contributed by atoms with Crippen LogP contribution in [0.1, 0.15) is 113 Å². The van der Waals surface area contributed by atoms with Crippen molar-refractivity contribution in [2.24, 2.45) is 39.9 Å². The zero-order valence-corrected chi connectivity index (χ0v) is 28.3. The number of halogens is 6. The van der Waals surface area contributed by atoms with Crippen LogP contribution in [0, 0.1) is 39.9 Å². The maximum absolute atomic E-state index is 13.4. The van der Waals surface area contributed by atoms with Gasteiger partial charge in [0.15, 0.2) is 13.7 Å². The van der Waals surface area contributed by atoms with Crippen molar-refractivity contribution < 1.29 is 30.8 Å². The smallest absolute Gasteiger partial charge is 0.402 e. The molecule has 4 aliphatic rings. The van der Waals surface area contributed by atoms with E-state index in [1.807, 2.05) is 0 Å². The van der Waals surface area contributed by atoms with Crippen LogP contribution in [0.4, 0.5) is 26.3 Å². The molecule has 0 radical (unpaired) electrons. The van der Waals surface area contributed by atoms with Crippen molar-refractivity contribution in [3.8, 4) is 0 Å².